The van der Waals surface area contributed by atoms with Gasteiger partial charge in [0.15, 0.2) is 5.75 Å². The number of nitrogens with one attached hydrogen (secondary N) is 1. The van der Waals surface area contributed by atoms with E-state index < -0.39 is 28.4 Å². The highest BCUT2D eigenvalue weighted by Crippen LogP contribution is 2.32. The first-order chi connectivity index (χ1) is 9.72. The number of aliphatic carboxylic acids is 1. The number of carboxylic acid groups (broad SMARTS) is 1. The fourth-order valence-electron chi connectivity index (χ4n) is 1.54. The number of hydrogen-bond donors (Lipinski definition) is 2. The number of ether oxygens (including phenoxy) is 1. The molecule has 0 radical (unpaired) electrons. The number of benzene rings is 1. The molecule has 0 spiro atoms. The van der Waals surface area contributed by atoms with Crippen molar-refractivity contribution in [3.05, 3.63) is 32.5 Å². The average Bonchev–Trinajstić information content (AvgIpc) is 2.36. The van der Waals surface area contributed by atoms with Crippen LogP contribution in [0, 0.1) is 15.9 Å². The van der Waals surface area contributed by atoms with E-state index in [1.54, 1.807) is 13.8 Å². The average molecular weight is 365 g/mol. The van der Waals surface area contributed by atoms with Gasteiger partial charge in [-0.1, -0.05) is 13.8 Å². The summed E-state index contributed by atoms with van der Waals surface area (Å²) in [6, 6.07) is 0.634. The van der Waals surface area contributed by atoms with Gasteiger partial charge in [-0.2, -0.15) is 0 Å². The third-order valence-electron chi connectivity index (χ3n) is 2.44. The van der Waals surface area contributed by atoms with Crippen LogP contribution in [0.25, 0.3) is 0 Å². The van der Waals surface area contributed by atoms with Crippen LogP contribution in [0.2, 0.25) is 0 Å². The van der Waals surface area contributed by atoms with E-state index in [1.165, 1.54) is 0 Å². The van der Waals surface area contributed by atoms with Crippen molar-refractivity contribution in [2.24, 2.45) is 0 Å². The standard InChI is InChI=1S/C12H14BrFN2O5/c1-6(2)15-9(12(17)18)5-21-11-4-8(14)7(13)3-10(11)16(19)20/h3-4,6,9,15H,5H2,1-2H3,(H,17,18). The van der Waals surface area contributed by atoms with Gasteiger partial charge in [-0.25, -0.2) is 4.39 Å². The SMILES string of the molecule is CC(C)NC(COc1cc(F)c(Br)cc1[N+](=O)[O-])C(=O)O. The highest BCUT2D eigenvalue weighted by molar-refractivity contribution is 9.10. The lowest BCUT2D eigenvalue weighted by atomic mass is 10.2. The van der Waals surface area contributed by atoms with E-state index in [9.17, 15) is 19.3 Å². The zero-order chi connectivity index (χ0) is 16.2. The third kappa shape index (κ3) is 4.94. The quantitative estimate of drug-likeness (QED) is 0.568. The molecular weight excluding hydrogens is 351 g/mol. The molecule has 7 nitrogen and oxygen atoms in total. The van der Waals surface area contributed by atoms with Crippen molar-refractivity contribution in [1.29, 1.82) is 0 Å². The van der Waals surface area contributed by atoms with Crippen LogP contribution in [0.4, 0.5) is 10.1 Å². The van der Waals surface area contributed by atoms with Crippen LogP contribution in [0.5, 0.6) is 5.75 Å². The molecule has 0 aliphatic rings. The Morgan fingerprint density at radius 1 is 1.57 bits per heavy atom. The zero-order valence-electron chi connectivity index (χ0n) is 11.3. The molecule has 9 heteroatoms. The molecule has 0 aliphatic carbocycles. The molecular formula is C12H14BrFN2O5. The maximum absolute atomic E-state index is 13.4. The molecule has 0 saturated heterocycles. The Hall–Kier alpha value is -1.74. The van der Waals surface area contributed by atoms with Gasteiger partial charge < -0.3 is 9.84 Å². The number of hydrogen-bond acceptors (Lipinski definition) is 5. The molecule has 1 atom stereocenters. The Kier molecular flexibility index (Phi) is 6.03. The summed E-state index contributed by atoms with van der Waals surface area (Å²) in [5.41, 5.74) is -0.447. The first-order valence-corrected chi connectivity index (χ1v) is 6.76. The lowest BCUT2D eigenvalue weighted by Gasteiger charge is -2.17. The van der Waals surface area contributed by atoms with Crippen molar-refractivity contribution in [3.63, 3.8) is 0 Å². The van der Waals surface area contributed by atoms with Crippen LogP contribution < -0.4 is 10.1 Å². The highest BCUT2D eigenvalue weighted by atomic mass is 79.9. The molecule has 0 aliphatic heterocycles. The topological polar surface area (TPSA) is 102 Å². The van der Waals surface area contributed by atoms with Crippen LogP contribution >= 0.6 is 15.9 Å². The Morgan fingerprint density at radius 3 is 2.67 bits per heavy atom. The molecule has 116 valence electrons. The van der Waals surface area contributed by atoms with Gasteiger partial charge in [0.05, 0.1) is 9.40 Å². The molecule has 0 amide bonds. The summed E-state index contributed by atoms with van der Waals surface area (Å²) in [5.74, 6) is -2.22. The van der Waals surface area contributed by atoms with Gasteiger partial charge in [0.25, 0.3) is 0 Å². The molecule has 0 fully saturated rings. The van der Waals surface area contributed by atoms with E-state index in [4.69, 9.17) is 9.84 Å². The van der Waals surface area contributed by atoms with Gasteiger partial charge in [-0.3, -0.25) is 20.2 Å². The normalized spacial score (nSPS) is 12.2. The lowest BCUT2D eigenvalue weighted by molar-refractivity contribution is -0.386. The van der Waals surface area contributed by atoms with E-state index >= 15 is 0 Å². The molecule has 1 unspecified atom stereocenters. The van der Waals surface area contributed by atoms with E-state index in [1.807, 2.05) is 0 Å². The Balaban J connectivity index is 2.93. The Bertz CT molecular complexity index is 553. The minimum Gasteiger partial charge on any atom is -0.484 e. The zero-order valence-corrected chi connectivity index (χ0v) is 12.9. The van der Waals surface area contributed by atoms with Gasteiger partial charge in [-0.15, -0.1) is 0 Å². The van der Waals surface area contributed by atoms with Crippen molar-refractivity contribution in [2.75, 3.05) is 6.61 Å². The summed E-state index contributed by atoms with van der Waals surface area (Å²) in [6.45, 7) is 3.13. The summed E-state index contributed by atoms with van der Waals surface area (Å²) in [5, 5.41) is 22.6. The number of nitro benzene ring substituents is 1. The second-order valence-electron chi connectivity index (χ2n) is 4.51. The second-order valence-corrected chi connectivity index (χ2v) is 5.37. The number of rotatable bonds is 7. The Labute approximate surface area is 128 Å². The molecule has 1 aromatic carbocycles. The predicted octanol–water partition coefficient (Wildman–Crippen LogP) is 2.33. The summed E-state index contributed by atoms with van der Waals surface area (Å²) in [6.07, 6.45) is 0. The van der Waals surface area contributed by atoms with Crippen LogP contribution in [-0.2, 0) is 4.79 Å². The number of carboxylic acids is 1. The first kappa shape index (κ1) is 17.3. The third-order valence-corrected chi connectivity index (χ3v) is 3.04. The maximum atomic E-state index is 13.4. The minimum atomic E-state index is -1.16. The number of nitro groups is 1. The monoisotopic (exact) mass is 364 g/mol. The molecule has 1 aromatic rings. The number of carbonyl (C=O) groups is 1. The summed E-state index contributed by atoms with van der Waals surface area (Å²) < 4.78 is 18.5. The smallest absolute Gasteiger partial charge is 0.324 e. The van der Waals surface area contributed by atoms with Crippen LogP contribution in [0.15, 0.2) is 16.6 Å². The number of nitrogens with zero attached hydrogens (tertiary/aromatic N) is 1. The largest absolute Gasteiger partial charge is 0.484 e. The fraction of sp³-hybridized carbons (Fsp3) is 0.417. The first-order valence-electron chi connectivity index (χ1n) is 5.97. The van der Waals surface area contributed by atoms with Crippen molar-refractivity contribution in [2.45, 2.75) is 25.9 Å². The Morgan fingerprint density at radius 2 is 2.19 bits per heavy atom. The van der Waals surface area contributed by atoms with E-state index in [2.05, 4.69) is 21.2 Å². The molecule has 0 heterocycles. The highest BCUT2D eigenvalue weighted by Gasteiger charge is 2.23. The fourth-order valence-corrected chi connectivity index (χ4v) is 1.87. The van der Waals surface area contributed by atoms with Gasteiger partial charge >= 0.3 is 11.7 Å². The van der Waals surface area contributed by atoms with Crippen LogP contribution in [0.1, 0.15) is 13.8 Å². The van der Waals surface area contributed by atoms with Gasteiger partial charge in [0, 0.05) is 18.2 Å². The molecule has 2 N–H and O–H groups in total. The van der Waals surface area contributed by atoms with Crippen LogP contribution in [0.3, 0.4) is 0 Å². The van der Waals surface area contributed by atoms with E-state index in [-0.39, 0.29) is 22.9 Å². The van der Waals surface area contributed by atoms with Crippen molar-refractivity contribution >= 4 is 27.6 Å². The van der Waals surface area contributed by atoms with Crippen LogP contribution in [-0.4, -0.2) is 34.7 Å². The summed E-state index contributed by atoms with van der Waals surface area (Å²) in [7, 11) is 0. The van der Waals surface area contributed by atoms with Gasteiger partial charge in [0.1, 0.15) is 18.5 Å². The summed E-state index contributed by atoms with van der Waals surface area (Å²) in [4.78, 5) is 21.2. The van der Waals surface area contributed by atoms with Gasteiger partial charge in [-0.05, 0) is 15.9 Å². The van der Waals surface area contributed by atoms with E-state index in [0.29, 0.717) is 0 Å². The molecule has 0 aromatic heterocycles. The molecule has 21 heavy (non-hydrogen) atoms. The lowest BCUT2D eigenvalue weighted by Crippen LogP contribution is -2.44. The summed E-state index contributed by atoms with van der Waals surface area (Å²) >= 11 is 2.84. The predicted molar refractivity (Wildman–Crippen MR) is 75.9 cm³/mol. The second kappa shape index (κ2) is 7.32. The maximum Gasteiger partial charge on any atom is 0.324 e. The van der Waals surface area contributed by atoms with Gasteiger partial charge in [0.2, 0.25) is 0 Å². The van der Waals surface area contributed by atoms with Crippen molar-refractivity contribution in [3.8, 4) is 5.75 Å². The molecule has 0 saturated carbocycles. The molecule has 0 bridgehead atoms. The van der Waals surface area contributed by atoms with E-state index in [0.717, 1.165) is 12.1 Å². The minimum absolute atomic E-state index is 0.0726. The van der Waals surface area contributed by atoms with Crippen molar-refractivity contribution in [1.82, 2.24) is 5.32 Å². The number of halogens is 2. The molecule has 1 rings (SSSR count). The van der Waals surface area contributed by atoms with Crippen molar-refractivity contribution < 1.29 is 24.0 Å².